The molecule has 2 aromatic heterocycles. The van der Waals surface area contributed by atoms with Crippen LogP contribution >= 0.6 is 11.6 Å². The molecule has 59 heavy (non-hydrogen) atoms. The normalized spacial score (nSPS) is 14.6. The van der Waals surface area contributed by atoms with Crippen LogP contribution in [0.1, 0.15) is 64.6 Å². The number of piperidine rings is 1. The van der Waals surface area contributed by atoms with Crippen LogP contribution in [0.5, 0.6) is 17.2 Å². The van der Waals surface area contributed by atoms with E-state index in [4.69, 9.17) is 25.8 Å². The summed E-state index contributed by atoms with van der Waals surface area (Å²) < 4.78 is 18.9. The summed E-state index contributed by atoms with van der Waals surface area (Å²) >= 11 is 6.86. The molecule has 1 aliphatic rings. The van der Waals surface area contributed by atoms with E-state index < -0.39 is 24.0 Å². The predicted octanol–water partition coefficient (Wildman–Crippen LogP) is 7.94. The number of nitrogens with zero attached hydrogens (tertiary/aromatic N) is 4. The smallest absolute Gasteiger partial charge is 0.321 e. The van der Waals surface area contributed by atoms with Gasteiger partial charge in [-0.1, -0.05) is 48.4 Å². The molecule has 0 amide bonds. The molecule has 6 rings (SSSR count). The van der Waals surface area contributed by atoms with Crippen molar-refractivity contribution in [2.45, 2.75) is 77.8 Å². The molecule has 2 atom stereocenters. The van der Waals surface area contributed by atoms with Crippen molar-refractivity contribution in [1.82, 2.24) is 20.2 Å². The zero-order valence-corrected chi connectivity index (χ0v) is 34.0. The fourth-order valence-electron chi connectivity index (χ4n) is 7.29. The maximum atomic E-state index is 12.1. The Morgan fingerprint density at radius 1 is 0.881 bits per heavy atom. The van der Waals surface area contributed by atoms with Gasteiger partial charge in [-0.05, 0) is 116 Å². The summed E-state index contributed by atoms with van der Waals surface area (Å²) in [5.74, 6) is -0.0759. The summed E-state index contributed by atoms with van der Waals surface area (Å²) in [6.07, 6.45) is 9.77. The zero-order chi connectivity index (χ0) is 41.7. The van der Waals surface area contributed by atoms with Gasteiger partial charge in [0.25, 0.3) is 0 Å². The van der Waals surface area contributed by atoms with Gasteiger partial charge < -0.3 is 29.7 Å². The van der Waals surface area contributed by atoms with E-state index in [2.05, 4.69) is 40.4 Å². The fraction of sp³-hybridized carbons (Fsp3) is 0.326. The molecule has 13 heteroatoms. The van der Waals surface area contributed by atoms with E-state index in [1.54, 1.807) is 36.8 Å². The Labute approximate surface area is 349 Å². The lowest BCUT2D eigenvalue weighted by Gasteiger charge is -2.33. The van der Waals surface area contributed by atoms with Crippen molar-refractivity contribution in [3.63, 3.8) is 0 Å². The number of carbonyl (C=O) groups is 2. The van der Waals surface area contributed by atoms with E-state index in [-0.39, 0.29) is 13.2 Å². The molecule has 3 N–H and O–H groups in total. The van der Waals surface area contributed by atoms with Gasteiger partial charge in [-0.3, -0.25) is 24.5 Å². The van der Waals surface area contributed by atoms with E-state index in [1.807, 2.05) is 48.2 Å². The number of nitriles is 1. The molecule has 1 saturated heterocycles. The number of ether oxygens (including phenoxy) is 3. The highest BCUT2D eigenvalue weighted by Crippen LogP contribution is 2.37. The van der Waals surface area contributed by atoms with Crippen LogP contribution in [0.2, 0.25) is 5.02 Å². The van der Waals surface area contributed by atoms with Crippen molar-refractivity contribution in [1.29, 1.82) is 5.26 Å². The number of likely N-dealkylation sites (tertiary alicyclic amines) is 1. The Balaban J connectivity index is 1.13. The van der Waals surface area contributed by atoms with Crippen molar-refractivity contribution in [3.8, 4) is 34.4 Å². The number of benzene rings is 3. The highest BCUT2D eigenvalue weighted by atomic mass is 35.5. The molecule has 12 nitrogen and oxygen atoms in total. The Hall–Kier alpha value is -6.00. The van der Waals surface area contributed by atoms with Crippen LogP contribution < -0.4 is 19.5 Å². The third-order valence-electron chi connectivity index (χ3n) is 10.6. The Bertz CT molecular complexity index is 2280. The minimum Gasteiger partial charge on any atom is -0.493 e. The highest BCUT2D eigenvalue weighted by molar-refractivity contribution is 6.32. The number of hydrogen-bond donors (Lipinski definition) is 3. The molecule has 5 aromatic rings. The van der Waals surface area contributed by atoms with Gasteiger partial charge in [0.2, 0.25) is 0 Å². The number of carboxylic acids is 2. The maximum absolute atomic E-state index is 12.1. The van der Waals surface area contributed by atoms with Gasteiger partial charge in [-0.15, -0.1) is 0 Å². The Morgan fingerprint density at radius 2 is 1.64 bits per heavy atom. The number of nitrogens with one attached hydrogen (secondary N) is 1. The second kappa shape index (κ2) is 20.6. The SMILES string of the molecule is Cc1c(COc2cc(OCc3cncc(C#N)c3)c(CN3CCCC[C@H]3C(=O)O)cc2Cl)cccc1-c1cccc(OCCCNC(Cc2ccncc2)C(=O)O)c1C. The third kappa shape index (κ3) is 11.4. The standard InChI is InChI=1S/C46H48ClN5O7/c1-30-35(8-5-9-37(30)38-10-6-12-42(31(38)2)57-19-7-15-51-40(45(53)54)21-32-13-16-49-17-14-32)29-59-44-23-43(58-28-34-20-33(24-48)25-50-26-34)36(22-39(44)47)27-52-18-4-3-11-41(52)46(55)56/h5-6,8-10,12-14,16-17,20,22-23,25-26,40-41,51H,3-4,7,11,15,18-19,21,27-29H2,1-2H3,(H,53,54)(H,55,56)/t40?,41-/m0/s1. The van der Waals surface area contributed by atoms with E-state index in [9.17, 15) is 25.1 Å². The molecule has 1 fully saturated rings. The topological polar surface area (TPSA) is 167 Å². The number of halogens is 1. The minimum absolute atomic E-state index is 0.136. The third-order valence-corrected chi connectivity index (χ3v) is 10.9. The first-order chi connectivity index (χ1) is 28.6. The van der Waals surface area contributed by atoms with Gasteiger partial charge in [-0.2, -0.15) is 5.26 Å². The minimum atomic E-state index is -0.900. The van der Waals surface area contributed by atoms with Gasteiger partial charge in [0.1, 0.15) is 48.6 Å². The largest absolute Gasteiger partial charge is 0.493 e. The van der Waals surface area contributed by atoms with E-state index in [0.29, 0.717) is 73.2 Å². The average Bonchev–Trinajstić information content (AvgIpc) is 3.24. The van der Waals surface area contributed by atoms with Crippen LogP contribution in [-0.2, 0) is 35.8 Å². The molecule has 0 spiro atoms. The maximum Gasteiger partial charge on any atom is 0.321 e. The van der Waals surface area contributed by atoms with Crippen molar-refractivity contribution < 1.29 is 34.0 Å². The second-order valence-corrected chi connectivity index (χ2v) is 15.0. The number of aliphatic carboxylic acids is 2. The molecule has 0 bridgehead atoms. The van der Waals surface area contributed by atoms with Crippen LogP contribution in [0.4, 0.5) is 0 Å². The fourth-order valence-corrected chi connectivity index (χ4v) is 7.53. The Morgan fingerprint density at radius 3 is 2.41 bits per heavy atom. The first-order valence-electron chi connectivity index (χ1n) is 19.7. The lowest BCUT2D eigenvalue weighted by Crippen LogP contribution is -2.44. The molecule has 0 saturated carbocycles. The summed E-state index contributed by atoms with van der Waals surface area (Å²) in [5, 5.41) is 32.5. The number of hydrogen-bond acceptors (Lipinski definition) is 10. The molecular formula is C46H48ClN5O7. The van der Waals surface area contributed by atoms with Crippen molar-refractivity contribution in [2.24, 2.45) is 0 Å². The van der Waals surface area contributed by atoms with Crippen LogP contribution in [0.3, 0.4) is 0 Å². The summed E-state index contributed by atoms with van der Waals surface area (Å²) in [4.78, 5) is 34.0. The summed E-state index contributed by atoms with van der Waals surface area (Å²) in [5.41, 5.74) is 7.80. The number of pyridine rings is 2. The van der Waals surface area contributed by atoms with E-state index in [0.717, 1.165) is 57.5 Å². The predicted molar refractivity (Wildman–Crippen MR) is 224 cm³/mol. The molecule has 1 unspecified atom stereocenters. The van der Waals surface area contributed by atoms with E-state index >= 15 is 0 Å². The van der Waals surface area contributed by atoms with Crippen LogP contribution in [-0.4, -0.2) is 68.8 Å². The molecule has 306 valence electrons. The monoisotopic (exact) mass is 817 g/mol. The van der Waals surface area contributed by atoms with Crippen LogP contribution in [0.15, 0.2) is 91.5 Å². The first-order valence-corrected chi connectivity index (χ1v) is 20.0. The number of rotatable bonds is 19. The summed E-state index contributed by atoms with van der Waals surface area (Å²) in [6.45, 7) is 6.32. The molecule has 0 aliphatic carbocycles. The van der Waals surface area contributed by atoms with Crippen molar-refractivity contribution in [3.05, 3.63) is 135 Å². The van der Waals surface area contributed by atoms with Gasteiger partial charge >= 0.3 is 11.9 Å². The second-order valence-electron chi connectivity index (χ2n) is 14.6. The number of aromatic nitrogens is 2. The Kier molecular flexibility index (Phi) is 14.9. The molecule has 3 heterocycles. The van der Waals surface area contributed by atoms with Crippen molar-refractivity contribution >= 4 is 23.5 Å². The first kappa shape index (κ1) is 42.6. The summed E-state index contributed by atoms with van der Waals surface area (Å²) in [6, 6.07) is 21.7. The molecule has 3 aromatic carbocycles. The van der Waals surface area contributed by atoms with Gasteiger partial charge in [0, 0.05) is 48.5 Å². The van der Waals surface area contributed by atoms with Gasteiger partial charge in [-0.25, -0.2) is 0 Å². The molecular weight excluding hydrogens is 770 g/mol. The quantitative estimate of drug-likeness (QED) is 0.0690. The lowest BCUT2D eigenvalue weighted by atomic mass is 9.93. The van der Waals surface area contributed by atoms with Crippen LogP contribution in [0, 0.1) is 25.2 Å². The van der Waals surface area contributed by atoms with Gasteiger partial charge in [0.15, 0.2) is 0 Å². The molecule has 0 radical (unpaired) electrons. The van der Waals surface area contributed by atoms with Gasteiger partial charge in [0.05, 0.1) is 17.2 Å². The highest BCUT2D eigenvalue weighted by Gasteiger charge is 2.29. The van der Waals surface area contributed by atoms with E-state index in [1.165, 1.54) is 6.20 Å². The van der Waals surface area contributed by atoms with Crippen LogP contribution in [0.25, 0.3) is 11.1 Å². The average molecular weight is 818 g/mol. The van der Waals surface area contributed by atoms with Crippen molar-refractivity contribution in [2.75, 3.05) is 19.7 Å². The zero-order valence-electron chi connectivity index (χ0n) is 33.2. The molecule has 1 aliphatic heterocycles. The summed E-state index contributed by atoms with van der Waals surface area (Å²) in [7, 11) is 0. The number of carboxylic acid groups (broad SMARTS) is 2. The lowest BCUT2D eigenvalue weighted by molar-refractivity contribution is -0.145.